The molecule has 0 aliphatic carbocycles. The van der Waals surface area contributed by atoms with Crippen LogP contribution in [0.25, 0.3) is 5.82 Å². The lowest BCUT2D eigenvalue weighted by Crippen LogP contribution is -1.97. The molecule has 0 saturated carbocycles. The molecule has 0 aliphatic rings. The molecule has 4 heteroatoms. The van der Waals surface area contributed by atoms with Gasteiger partial charge in [-0.25, -0.2) is 9.67 Å². The van der Waals surface area contributed by atoms with Crippen LogP contribution in [0.15, 0.2) is 35.2 Å². The number of aryl methyl sites for hydroxylation is 1. The molecular formula is C9H8BrN3. The Hall–Kier alpha value is -1.16. The molecule has 2 aromatic heterocycles. The van der Waals surface area contributed by atoms with E-state index in [-0.39, 0.29) is 0 Å². The van der Waals surface area contributed by atoms with Gasteiger partial charge in [-0.05, 0) is 40.5 Å². The van der Waals surface area contributed by atoms with Crippen molar-refractivity contribution in [2.75, 3.05) is 0 Å². The van der Waals surface area contributed by atoms with Crippen LogP contribution in [-0.2, 0) is 0 Å². The summed E-state index contributed by atoms with van der Waals surface area (Å²) in [6.07, 6.45) is 3.69. The van der Waals surface area contributed by atoms with E-state index < -0.39 is 0 Å². The predicted molar refractivity (Wildman–Crippen MR) is 53.8 cm³/mol. The summed E-state index contributed by atoms with van der Waals surface area (Å²) in [5.41, 5.74) is 1.15. The predicted octanol–water partition coefficient (Wildman–Crippen LogP) is 2.34. The molecule has 66 valence electrons. The third-order valence-electron chi connectivity index (χ3n) is 1.69. The van der Waals surface area contributed by atoms with E-state index in [1.54, 1.807) is 4.68 Å². The lowest BCUT2D eigenvalue weighted by Gasteiger charge is -1.99. The normalized spacial score (nSPS) is 10.3. The van der Waals surface area contributed by atoms with Gasteiger partial charge in [0.05, 0.1) is 0 Å². The molecule has 0 aromatic carbocycles. The molecule has 0 radical (unpaired) electrons. The van der Waals surface area contributed by atoms with Gasteiger partial charge in [-0.3, -0.25) is 0 Å². The van der Waals surface area contributed by atoms with E-state index >= 15 is 0 Å². The number of hydrogen-bond acceptors (Lipinski definition) is 2. The van der Waals surface area contributed by atoms with Crippen LogP contribution in [0.2, 0.25) is 0 Å². The van der Waals surface area contributed by atoms with E-state index in [0.29, 0.717) is 0 Å². The van der Waals surface area contributed by atoms with Gasteiger partial charge in [0.1, 0.15) is 4.60 Å². The Morgan fingerprint density at radius 1 is 1.31 bits per heavy atom. The van der Waals surface area contributed by atoms with Gasteiger partial charge < -0.3 is 0 Å². The second kappa shape index (κ2) is 3.30. The van der Waals surface area contributed by atoms with Crippen molar-refractivity contribution in [3.8, 4) is 5.82 Å². The summed E-state index contributed by atoms with van der Waals surface area (Å²) < 4.78 is 2.54. The molecule has 0 N–H and O–H groups in total. The minimum Gasteiger partial charge on any atom is -0.237 e. The highest BCUT2D eigenvalue weighted by molar-refractivity contribution is 9.10. The highest BCUT2D eigenvalue weighted by atomic mass is 79.9. The van der Waals surface area contributed by atoms with Crippen molar-refractivity contribution in [1.29, 1.82) is 0 Å². The monoisotopic (exact) mass is 237 g/mol. The molecule has 0 spiro atoms. The maximum absolute atomic E-state index is 4.24. The first kappa shape index (κ1) is 8.44. The fourth-order valence-electron chi connectivity index (χ4n) is 1.02. The quantitative estimate of drug-likeness (QED) is 0.763. The topological polar surface area (TPSA) is 30.7 Å². The minimum atomic E-state index is 0.815. The fourth-order valence-corrected chi connectivity index (χ4v) is 1.31. The summed E-state index contributed by atoms with van der Waals surface area (Å²) in [6, 6.07) is 5.83. The minimum absolute atomic E-state index is 0.815. The van der Waals surface area contributed by atoms with Crippen LogP contribution in [0.4, 0.5) is 0 Å². The standard InChI is InChI=1S/C9H8BrN3/c1-7-2-3-9(11-6-7)13-5-4-8(10)12-13/h2-6H,1H3. The number of hydrogen-bond donors (Lipinski definition) is 0. The summed E-state index contributed by atoms with van der Waals surface area (Å²) >= 11 is 3.28. The summed E-state index contributed by atoms with van der Waals surface area (Å²) in [7, 11) is 0. The van der Waals surface area contributed by atoms with Gasteiger partial charge in [-0.1, -0.05) is 6.07 Å². The first-order valence-corrected chi connectivity index (χ1v) is 4.69. The van der Waals surface area contributed by atoms with Gasteiger partial charge >= 0.3 is 0 Å². The van der Waals surface area contributed by atoms with Crippen LogP contribution in [0.3, 0.4) is 0 Å². The van der Waals surface area contributed by atoms with Crippen molar-refractivity contribution in [2.45, 2.75) is 6.92 Å². The van der Waals surface area contributed by atoms with Crippen molar-refractivity contribution in [3.63, 3.8) is 0 Å². The molecule has 2 aromatic rings. The molecular weight excluding hydrogens is 230 g/mol. The highest BCUT2D eigenvalue weighted by Crippen LogP contribution is 2.09. The molecule has 0 unspecified atom stereocenters. The van der Waals surface area contributed by atoms with Gasteiger partial charge in [-0.2, -0.15) is 5.10 Å². The maximum atomic E-state index is 4.24. The molecule has 13 heavy (non-hydrogen) atoms. The van der Waals surface area contributed by atoms with Gasteiger partial charge in [0.15, 0.2) is 5.82 Å². The number of rotatable bonds is 1. The molecule has 2 rings (SSSR count). The van der Waals surface area contributed by atoms with Crippen molar-refractivity contribution < 1.29 is 0 Å². The Morgan fingerprint density at radius 2 is 2.15 bits per heavy atom. The summed E-state index contributed by atoms with van der Waals surface area (Å²) in [5.74, 6) is 0.830. The SMILES string of the molecule is Cc1ccc(-n2ccc(Br)n2)nc1. The van der Waals surface area contributed by atoms with E-state index in [0.717, 1.165) is 16.0 Å². The third kappa shape index (κ3) is 1.78. The Kier molecular flexibility index (Phi) is 2.14. The molecule has 0 aliphatic heterocycles. The van der Waals surface area contributed by atoms with Gasteiger partial charge in [-0.15, -0.1) is 0 Å². The number of aromatic nitrogens is 3. The Bertz CT molecular complexity index is 405. The average molecular weight is 238 g/mol. The first-order chi connectivity index (χ1) is 6.25. The Morgan fingerprint density at radius 3 is 2.69 bits per heavy atom. The molecule has 0 atom stereocenters. The second-order valence-corrected chi connectivity index (χ2v) is 3.59. The summed E-state index contributed by atoms with van der Waals surface area (Å²) in [5, 5.41) is 4.18. The van der Waals surface area contributed by atoms with Crippen molar-refractivity contribution in [3.05, 3.63) is 40.8 Å². The van der Waals surface area contributed by atoms with Gasteiger partial charge in [0, 0.05) is 12.4 Å². The fraction of sp³-hybridized carbons (Fsp3) is 0.111. The van der Waals surface area contributed by atoms with Crippen molar-refractivity contribution in [2.24, 2.45) is 0 Å². The van der Waals surface area contributed by atoms with Gasteiger partial charge in [0.2, 0.25) is 0 Å². The lowest BCUT2D eigenvalue weighted by atomic mass is 10.3. The Labute approximate surface area is 84.5 Å². The summed E-state index contributed by atoms with van der Waals surface area (Å²) in [4.78, 5) is 4.24. The lowest BCUT2D eigenvalue weighted by molar-refractivity contribution is 0.837. The highest BCUT2D eigenvalue weighted by Gasteiger charge is 1.98. The zero-order valence-corrected chi connectivity index (χ0v) is 8.69. The number of nitrogens with zero attached hydrogens (tertiary/aromatic N) is 3. The van der Waals surface area contributed by atoms with E-state index in [2.05, 4.69) is 26.0 Å². The Balaban J connectivity index is 2.41. The molecule has 3 nitrogen and oxygen atoms in total. The first-order valence-electron chi connectivity index (χ1n) is 3.90. The van der Waals surface area contributed by atoms with Gasteiger partial charge in [0.25, 0.3) is 0 Å². The van der Waals surface area contributed by atoms with Crippen LogP contribution in [0.5, 0.6) is 0 Å². The summed E-state index contributed by atoms with van der Waals surface area (Å²) in [6.45, 7) is 2.01. The average Bonchev–Trinajstić information content (AvgIpc) is 2.53. The second-order valence-electron chi connectivity index (χ2n) is 2.78. The maximum Gasteiger partial charge on any atom is 0.153 e. The third-order valence-corrected chi connectivity index (χ3v) is 2.11. The molecule has 2 heterocycles. The van der Waals surface area contributed by atoms with E-state index in [4.69, 9.17) is 0 Å². The van der Waals surface area contributed by atoms with E-state index in [1.807, 2.05) is 37.5 Å². The van der Waals surface area contributed by atoms with Crippen LogP contribution in [0.1, 0.15) is 5.56 Å². The van der Waals surface area contributed by atoms with Crippen molar-refractivity contribution >= 4 is 15.9 Å². The molecule has 0 bridgehead atoms. The zero-order valence-electron chi connectivity index (χ0n) is 7.11. The molecule has 0 fully saturated rings. The molecule has 0 amide bonds. The van der Waals surface area contributed by atoms with E-state index in [9.17, 15) is 0 Å². The van der Waals surface area contributed by atoms with Crippen LogP contribution < -0.4 is 0 Å². The van der Waals surface area contributed by atoms with Crippen LogP contribution in [-0.4, -0.2) is 14.8 Å². The molecule has 0 saturated heterocycles. The van der Waals surface area contributed by atoms with Crippen molar-refractivity contribution in [1.82, 2.24) is 14.8 Å². The smallest absolute Gasteiger partial charge is 0.153 e. The number of pyridine rings is 1. The largest absolute Gasteiger partial charge is 0.237 e. The van der Waals surface area contributed by atoms with E-state index in [1.165, 1.54) is 0 Å². The van der Waals surface area contributed by atoms with Crippen LogP contribution >= 0.6 is 15.9 Å². The van der Waals surface area contributed by atoms with Crippen LogP contribution in [0, 0.1) is 6.92 Å². The number of halogens is 1. The zero-order chi connectivity index (χ0) is 9.26.